The van der Waals surface area contributed by atoms with E-state index in [4.69, 9.17) is 4.98 Å². The van der Waals surface area contributed by atoms with Crippen LogP contribution in [0.25, 0.3) is 26.1 Å². The lowest BCUT2D eigenvalue weighted by atomic mass is 10.1. The Bertz CT molecular complexity index is 1330. The van der Waals surface area contributed by atoms with Gasteiger partial charge in [0.25, 0.3) is 0 Å². The maximum Gasteiger partial charge on any atom is 0.176 e. The van der Waals surface area contributed by atoms with Crippen molar-refractivity contribution in [1.29, 1.82) is 0 Å². The molecular formula is C18H16BrN7S. The summed E-state index contributed by atoms with van der Waals surface area (Å²) in [6.07, 6.45) is 3.69. The summed E-state index contributed by atoms with van der Waals surface area (Å²) in [5, 5.41) is 10.3. The van der Waals surface area contributed by atoms with Crippen molar-refractivity contribution in [3.8, 4) is 0 Å². The Morgan fingerprint density at radius 2 is 1.96 bits per heavy atom. The highest BCUT2D eigenvalue weighted by Crippen LogP contribution is 2.35. The molecule has 136 valence electrons. The van der Waals surface area contributed by atoms with Crippen LogP contribution in [-0.4, -0.2) is 34.3 Å². The summed E-state index contributed by atoms with van der Waals surface area (Å²) in [4.78, 5) is 15.2. The maximum atomic E-state index is 4.82. The Kier molecular flexibility index (Phi) is 3.60. The molecule has 9 heteroatoms. The first-order valence-electron chi connectivity index (χ1n) is 8.55. The molecule has 0 aromatic carbocycles. The SMILES string of the molecule is Cc1cc(C)c2c(n1)sc1c2ncn2nc(C(C)n3cc(Br)c(C)n3)nc12. The zero-order chi connectivity index (χ0) is 18.9. The van der Waals surface area contributed by atoms with E-state index in [0.29, 0.717) is 5.82 Å². The molecule has 0 saturated heterocycles. The lowest BCUT2D eigenvalue weighted by Crippen LogP contribution is -2.09. The van der Waals surface area contributed by atoms with Crippen molar-refractivity contribution >= 4 is 53.3 Å². The van der Waals surface area contributed by atoms with Gasteiger partial charge in [-0.15, -0.1) is 16.4 Å². The quantitative estimate of drug-likeness (QED) is 0.406. The third-order valence-corrected chi connectivity index (χ3v) is 6.58. The van der Waals surface area contributed by atoms with Crippen LogP contribution >= 0.6 is 27.3 Å². The number of hydrogen-bond donors (Lipinski definition) is 0. The first-order chi connectivity index (χ1) is 12.9. The number of aromatic nitrogens is 7. The normalized spacial score (nSPS) is 13.2. The number of aryl methyl sites for hydroxylation is 3. The van der Waals surface area contributed by atoms with Crippen LogP contribution < -0.4 is 0 Å². The van der Waals surface area contributed by atoms with Crippen LogP contribution in [0.4, 0.5) is 0 Å². The molecule has 1 atom stereocenters. The summed E-state index contributed by atoms with van der Waals surface area (Å²) in [6.45, 7) is 8.12. The summed E-state index contributed by atoms with van der Waals surface area (Å²) in [5.41, 5.74) is 4.89. The van der Waals surface area contributed by atoms with Crippen LogP contribution in [0.15, 0.2) is 23.1 Å². The molecule has 5 rings (SSSR count). The fourth-order valence-corrected chi connectivity index (χ4v) is 4.85. The largest absolute Gasteiger partial charge is 0.261 e. The van der Waals surface area contributed by atoms with Gasteiger partial charge in [0.05, 0.1) is 15.7 Å². The van der Waals surface area contributed by atoms with Gasteiger partial charge >= 0.3 is 0 Å². The molecule has 5 heterocycles. The second-order valence-corrected chi connectivity index (χ2v) is 8.60. The minimum atomic E-state index is -0.0820. The number of nitrogens with zero attached hydrogens (tertiary/aromatic N) is 7. The number of rotatable bonds is 2. The molecular weight excluding hydrogens is 426 g/mol. The van der Waals surface area contributed by atoms with Gasteiger partial charge < -0.3 is 0 Å². The maximum absolute atomic E-state index is 4.82. The fraction of sp³-hybridized carbons (Fsp3) is 0.278. The average molecular weight is 442 g/mol. The highest BCUT2D eigenvalue weighted by Gasteiger charge is 2.20. The van der Waals surface area contributed by atoms with Crippen LogP contribution in [-0.2, 0) is 0 Å². The topological polar surface area (TPSA) is 73.8 Å². The number of pyridine rings is 1. The van der Waals surface area contributed by atoms with E-state index in [0.717, 1.165) is 41.9 Å². The van der Waals surface area contributed by atoms with Gasteiger partial charge in [0.1, 0.15) is 21.9 Å². The van der Waals surface area contributed by atoms with Gasteiger partial charge in [-0.25, -0.2) is 19.5 Å². The van der Waals surface area contributed by atoms with E-state index < -0.39 is 0 Å². The molecule has 0 N–H and O–H groups in total. The zero-order valence-electron chi connectivity index (χ0n) is 15.2. The molecule has 0 radical (unpaired) electrons. The van der Waals surface area contributed by atoms with Gasteiger partial charge in [0.15, 0.2) is 11.5 Å². The summed E-state index contributed by atoms with van der Waals surface area (Å²) in [5.74, 6) is 0.706. The van der Waals surface area contributed by atoms with Crippen LogP contribution in [0.2, 0.25) is 0 Å². The summed E-state index contributed by atoms with van der Waals surface area (Å²) < 4.78 is 5.61. The van der Waals surface area contributed by atoms with Crippen molar-refractivity contribution in [3.05, 3.63) is 45.8 Å². The van der Waals surface area contributed by atoms with Gasteiger partial charge in [0, 0.05) is 17.3 Å². The molecule has 5 aromatic rings. The van der Waals surface area contributed by atoms with Crippen LogP contribution in [0.3, 0.4) is 0 Å². The van der Waals surface area contributed by atoms with E-state index >= 15 is 0 Å². The van der Waals surface area contributed by atoms with Crippen molar-refractivity contribution in [2.45, 2.75) is 33.7 Å². The molecule has 0 aliphatic rings. The monoisotopic (exact) mass is 441 g/mol. The predicted octanol–water partition coefficient (Wildman–Crippen LogP) is 4.38. The Labute approximate surface area is 167 Å². The number of thiophene rings is 1. The van der Waals surface area contributed by atoms with Crippen LogP contribution in [0.5, 0.6) is 0 Å². The number of hydrogen-bond acceptors (Lipinski definition) is 6. The van der Waals surface area contributed by atoms with Crippen LogP contribution in [0, 0.1) is 20.8 Å². The number of halogens is 1. The average Bonchev–Trinajstić information content (AvgIpc) is 3.28. The summed E-state index contributed by atoms with van der Waals surface area (Å²) in [6, 6.07) is 2.01. The van der Waals surface area contributed by atoms with E-state index in [9.17, 15) is 0 Å². The molecule has 0 aliphatic carbocycles. The van der Waals surface area contributed by atoms with Gasteiger partial charge in [0.2, 0.25) is 0 Å². The smallest absolute Gasteiger partial charge is 0.176 e. The second-order valence-electron chi connectivity index (χ2n) is 6.74. The molecule has 0 spiro atoms. The predicted molar refractivity (Wildman–Crippen MR) is 109 cm³/mol. The Balaban J connectivity index is 1.73. The summed E-state index contributed by atoms with van der Waals surface area (Å²) >= 11 is 5.13. The van der Waals surface area contributed by atoms with E-state index in [-0.39, 0.29) is 6.04 Å². The molecule has 0 bridgehead atoms. The van der Waals surface area contributed by atoms with Gasteiger partial charge in [-0.3, -0.25) is 4.68 Å². The molecule has 0 amide bonds. The van der Waals surface area contributed by atoms with E-state index in [1.807, 2.05) is 31.6 Å². The lowest BCUT2D eigenvalue weighted by molar-refractivity contribution is 0.533. The standard InChI is InChI=1S/C18H16BrN7S/c1-8-5-9(2)21-18-13(8)14-15(27-18)17-22-16(24-26(17)7-20-14)11(4)25-6-12(19)10(3)23-25/h5-7,11H,1-4H3. The molecule has 0 saturated carbocycles. The minimum Gasteiger partial charge on any atom is -0.261 e. The molecule has 0 fully saturated rings. The van der Waals surface area contributed by atoms with Crippen molar-refractivity contribution < 1.29 is 0 Å². The molecule has 7 nitrogen and oxygen atoms in total. The van der Waals surface area contributed by atoms with Crippen molar-refractivity contribution in [2.24, 2.45) is 0 Å². The van der Waals surface area contributed by atoms with Gasteiger partial charge in [-0.2, -0.15) is 5.10 Å². The highest BCUT2D eigenvalue weighted by atomic mass is 79.9. The van der Waals surface area contributed by atoms with E-state index in [1.54, 1.807) is 22.2 Å². The summed E-state index contributed by atoms with van der Waals surface area (Å²) in [7, 11) is 0. The van der Waals surface area contributed by atoms with E-state index in [2.05, 4.69) is 49.1 Å². The Morgan fingerprint density at radius 3 is 2.70 bits per heavy atom. The lowest BCUT2D eigenvalue weighted by Gasteiger charge is -2.06. The van der Waals surface area contributed by atoms with Crippen molar-refractivity contribution in [3.63, 3.8) is 0 Å². The third-order valence-electron chi connectivity index (χ3n) is 4.74. The van der Waals surface area contributed by atoms with E-state index in [1.165, 1.54) is 5.56 Å². The Morgan fingerprint density at radius 1 is 1.15 bits per heavy atom. The minimum absolute atomic E-state index is 0.0820. The third kappa shape index (κ3) is 2.49. The molecule has 0 aliphatic heterocycles. The van der Waals surface area contributed by atoms with Crippen LogP contribution in [0.1, 0.15) is 35.7 Å². The zero-order valence-corrected chi connectivity index (χ0v) is 17.6. The van der Waals surface area contributed by atoms with Crippen molar-refractivity contribution in [2.75, 3.05) is 0 Å². The molecule has 27 heavy (non-hydrogen) atoms. The fourth-order valence-electron chi connectivity index (χ4n) is 3.34. The first-order valence-corrected chi connectivity index (χ1v) is 10.2. The first kappa shape index (κ1) is 16.8. The Hall–Kier alpha value is -2.39. The highest BCUT2D eigenvalue weighted by molar-refractivity contribution is 9.10. The molecule has 1 unspecified atom stereocenters. The second kappa shape index (κ2) is 5.80. The number of fused-ring (bicyclic) bond motifs is 5. The molecule has 5 aromatic heterocycles. The van der Waals surface area contributed by atoms with Gasteiger partial charge in [-0.05, 0) is 55.3 Å². The van der Waals surface area contributed by atoms with Gasteiger partial charge in [-0.1, -0.05) is 0 Å². The van der Waals surface area contributed by atoms with Crippen molar-refractivity contribution in [1.82, 2.24) is 34.3 Å².